The van der Waals surface area contributed by atoms with E-state index in [1.165, 1.54) is 4.57 Å². The number of phenols is 1. The number of phenolic OH excluding ortho intramolecular Hbond substituents is 1. The molecule has 11 rings (SSSR count). The molecule has 3 amide bonds. The Morgan fingerprint density at radius 1 is 0.971 bits per heavy atom. The molecule has 4 aromatic heterocycles. The Morgan fingerprint density at radius 3 is 2.41 bits per heavy atom. The molecule has 2 aliphatic heterocycles. The van der Waals surface area contributed by atoms with Gasteiger partial charge >= 0.3 is 5.69 Å². The first-order valence-electron chi connectivity index (χ1n) is 22.7. The summed E-state index contributed by atoms with van der Waals surface area (Å²) < 4.78 is 53.0. The molecule has 2 saturated heterocycles. The molecule has 3 saturated carbocycles. The Hall–Kier alpha value is -7.43. The van der Waals surface area contributed by atoms with E-state index in [4.69, 9.17) is 29.4 Å². The van der Waals surface area contributed by atoms with Crippen LogP contribution in [-0.2, 0) is 33.3 Å². The van der Waals surface area contributed by atoms with Gasteiger partial charge in [-0.15, -0.1) is 0 Å². The quantitative estimate of drug-likeness (QED) is 0.0771. The van der Waals surface area contributed by atoms with Crippen LogP contribution in [0.3, 0.4) is 0 Å². The van der Waals surface area contributed by atoms with Gasteiger partial charge in [-0.1, -0.05) is 11.2 Å². The Kier molecular flexibility index (Phi) is 12.8. The minimum Gasteiger partial charge on any atom is -0.503 e. The SMILES string of the molecule is Cn1c(=O)n([C@@H]2CCC(=O)NC2=O)c2ccc(CCCN3CCN(c4nc(-c5nc(C67CCC(CNC(=O)c8cc(F)c(O)c(F)c8F)(CC6)CC7)no5)cc(-n5ccnc5)n4)CC3)cc21.O=CO. The van der Waals surface area contributed by atoms with Crippen molar-refractivity contribution in [3.8, 4) is 23.2 Å². The monoisotopic (exact) mass is 954 g/mol. The van der Waals surface area contributed by atoms with Crippen molar-refractivity contribution in [2.24, 2.45) is 12.5 Å². The summed E-state index contributed by atoms with van der Waals surface area (Å²) in [6.45, 7) is 3.78. The number of anilines is 1. The minimum absolute atomic E-state index is 0.188. The second-order valence-electron chi connectivity index (χ2n) is 18.2. The van der Waals surface area contributed by atoms with E-state index in [1.807, 2.05) is 18.2 Å². The molecule has 6 heterocycles. The number of piperazine rings is 1. The zero-order valence-electron chi connectivity index (χ0n) is 37.5. The summed E-state index contributed by atoms with van der Waals surface area (Å²) in [5.74, 6) is -6.05. The van der Waals surface area contributed by atoms with Gasteiger partial charge in [0, 0.05) is 70.1 Å². The van der Waals surface area contributed by atoms with Crippen LogP contribution in [0.1, 0.15) is 85.6 Å². The maximum absolute atomic E-state index is 14.4. The molecule has 23 heteroatoms. The summed E-state index contributed by atoms with van der Waals surface area (Å²) in [5, 5.41) is 25.7. The highest BCUT2D eigenvalue weighted by atomic mass is 19.2. The van der Waals surface area contributed by atoms with Crippen LogP contribution in [0.5, 0.6) is 5.75 Å². The largest absolute Gasteiger partial charge is 0.503 e. The van der Waals surface area contributed by atoms with Crippen LogP contribution in [0.2, 0.25) is 0 Å². The average molecular weight is 955 g/mol. The van der Waals surface area contributed by atoms with Gasteiger partial charge in [-0.25, -0.2) is 23.5 Å². The summed E-state index contributed by atoms with van der Waals surface area (Å²) in [6, 6.07) is 7.46. The van der Waals surface area contributed by atoms with Gasteiger partial charge in [-0.2, -0.15) is 14.4 Å². The number of carbonyl (C=O) groups is 4. The lowest BCUT2D eigenvalue weighted by molar-refractivity contribution is -0.135. The molecule has 0 unspecified atom stereocenters. The number of carbonyl (C=O) groups excluding carboxylic acids is 3. The zero-order valence-corrected chi connectivity index (χ0v) is 37.5. The Bertz CT molecular complexity index is 2980. The number of piperidine rings is 1. The van der Waals surface area contributed by atoms with E-state index in [1.54, 1.807) is 41.0 Å². The van der Waals surface area contributed by atoms with Gasteiger partial charge in [0.1, 0.15) is 23.9 Å². The number of hydrogen-bond donors (Lipinski definition) is 4. The highest BCUT2D eigenvalue weighted by molar-refractivity contribution is 6.00. The van der Waals surface area contributed by atoms with Crippen molar-refractivity contribution in [3.63, 3.8) is 0 Å². The first kappa shape index (κ1) is 46.7. The third-order valence-corrected chi connectivity index (χ3v) is 14.3. The van der Waals surface area contributed by atoms with Crippen molar-refractivity contribution in [2.45, 2.75) is 75.7 Å². The molecule has 20 nitrogen and oxygen atoms in total. The summed E-state index contributed by atoms with van der Waals surface area (Å²) in [4.78, 5) is 82.2. The fraction of sp³-hybridized carbons (Fsp3) is 0.435. The van der Waals surface area contributed by atoms with Crippen LogP contribution in [0.15, 0.2) is 58.4 Å². The summed E-state index contributed by atoms with van der Waals surface area (Å²) >= 11 is 0. The number of amides is 3. The molecule has 5 aliphatic rings. The Morgan fingerprint density at radius 2 is 1.71 bits per heavy atom. The smallest absolute Gasteiger partial charge is 0.329 e. The lowest BCUT2D eigenvalue weighted by Gasteiger charge is -2.52. The zero-order chi connectivity index (χ0) is 48.6. The number of nitrogens with zero attached hydrogens (tertiary/aromatic N) is 10. The number of halogens is 3. The average Bonchev–Trinajstić information content (AvgIpc) is 4.14. The normalized spacial score (nSPS) is 21.5. The number of imide groups is 1. The number of aryl methyl sites for hydroxylation is 2. The van der Waals surface area contributed by atoms with Crippen LogP contribution >= 0.6 is 0 Å². The fourth-order valence-electron chi connectivity index (χ4n) is 10.2. The predicted molar refractivity (Wildman–Crippen MR) is 239 cm³/mol. The number of nitrogens with one attached hydrogen (secondary N) is 2. The van der Waals surface area contributed by atoms with Crippen molar-refractivity contribution >= 4 is 41.2 Å². The number of hydrogen-bond acceptors (Lipinski definition) is 14. The van der Waals surface area contributed by atoms with Crippen LogP contribution in [0.4, 0.5) is 19.1 Å². The third-order valence-electron chi connectivity index (χ3n) is 14.3. The Labute approximate surface area is 391 Å². The third kappa shape index (κ3) is 9.04. The highest BCUT2D eigenvalue weighted by Crippen LogP contribution is 2.57. The molecule has 0 spiro atoms. The van der Waals surface area contributed by atoms with Crippen LogP contribution in [0.25, 0.3) is 28.4 Å². The van der Waals surface area contributed by atoms with E-state index in [9.17, 15) is 37.5 Å². The molecular weight excluding hydrogens is 906 g/mol. The number of carboxylic acid groups (broad SMARTS) is 1. The van der Waals surface area contributed by atoms with Crippen molar-refractivity contribution in [1.82, 2.24) is 54.3 Å². The number of rotatable bonds is 12. The van der Waals surface area contributed by atoms with Gasteiger partial charge in [0.2, 0.25) is 23.6 Å². The topological polar surface area (TPSA) is 249 Å². The number of fused-ring (bicyclic) bond motifs is 4. The highest BCUT2D eigenvalue weighted by Gasteiger charge is 2.52. The maximum Gasteiger partial charge on any atom is 0.329 e. The number of imidazole rings is 2. The molecule has 69 heavy (non-hydrogen) atoms. The van der Waals surface area contributed by atoms with Gasteiger partial charge < -0.3 is 25.0 Å². The maximum atomic E-state index is 14.4. The second kappa shape index (κ2) is 18.9. The van der Waals surface area contributed by atoms with E-state index in [2.05, 4.69) is 30.6 Å². The van der Waals surface area contributed by atoms with E-state index in [-0.39, 0.29) is 54.2 Å². The Balaban J connectivity index is 0.00000193. The molecular formula is C46H49F3N12O8. The van der Waals surface area contributed by atoms with Crippen molar-refractivity contribution < 1.29 is 47.1 Å². The van der Waals surface area contributed by atoms with E-state index in [0.717, 1.165) is 62.8 Å². The molecule has 2 bridgehead atoms. The molecule has 2 aromatic carbocycles. The molecule has 0 radical (unpaired) electrons. The standard InChI is InChI=1S/C45H47F3N12O6.CH2O2/c1-56-32-21-26(4-5-30(32)60(43(56)65)31-6-7-34(61)53-39(31)64)3-2-15-57-17-19-58(20-18-57)42-51-29(23-33(52-42)59-16-14-49-25-59)40-54-41(55-66-40)45-11-8-44(9-12-45,10-13-45)24-50-38(63)27-22-28(46)37(62)36(48)35(27)47;2-1-3/h4-5,14,16,21-23,25,31,62H,2-3,6-13,15,17-20,24H2,1H3,(H,50,63)(H,53,61,64);1H,(H,2,3)/t31-,44?,45?;/m1./s1. The second-order valence-corrected chi connectivity index (χ2v) is 18.2. The summed E-state index contributed by atoms with van der Waals surface area (Å²) in [7, 11) is 1.70. The van der Waals surface area contributed by atoms with Gasteiger partial charge in [0.05, 0.1) is 16.6 Å². The van der Waals surface area contributed by atoms with Crippen molar-refractivity contribution in [2.75, 3.05) is 44.2 Å². The summed E-state index contributed by atoms with van der Waals surface area (Å²) in [5.41, 5.74) is 1.25. The predicted octanol–water partition coefficient (Wildman–Crippen LogP) is 3.94. The van der Waals surface area contributed by atoms with E-state index < -0.39 is 46.6 Å². The molecule has 3 aliphatic carbocycles. The lowest BCUT2D eigenvalue weighted by atomic mass is 9.53. The lowest BCUT2D eigenvalue weighted by Crippen LogP contribution is -2.49. The van der Waals surface area contributed by atoms with Crippen LogP contribution < -0.4 is 21.2 Å². The first-order valence-corrected chi connectivity index (χ1v) is 22.7. The molecule has 362 valence electrons. The number of aromatic nitrogens is 8. The minimum atomic E-state index is -1.80. The molecule has 5 fully saturated rings. The van der Waals surface area contributed by atoms with E-state index in [0.29, 0.717) is 67.2 Å². The molecule has 6 aromatic rings. The van der Waals surface area contributed by atoms with Gasteiger partial charge in [-0.3, -0.25) is 43.1 Å². The fourth-order valence-corrected chi connectivity index (χ4v) is 10.2. The number of aromatic hydroxyl groups is 1. The van der Waals surface area contributed by atoms with Crippen LogP contribution in [0, 0.1) is 22.9 Å². The summed E-state index contributed by atoms with van der Waals surface area (Å²) in [6.07, 6.45) is 11.6. The van der Waals surface area contributed by atoms with Crippen molar-refractivity contribution in [1.29, 1.82) is 0 Å². The van der Waals surface area contributed by atoms with E-state index >= 15 is 0 Å². The van der Waals surface area contributed by atoms with Crippen LogP contribution in [-0.4, -0.2) is 117 Å². The molecule has 1 atom stereocenters. The molecule has 4 N–H and O–H groups in total. The van der Waals surface area contributed by atoms with Gasteiger partial charge in [-0.05, 0) is 93.5 Å². The first-order chi connectivity index (χ1) is 33.2. The van der Waals surface area contributed by atoms with Gasteiger partial charge in [0.15, 0.2) is 23.2 Å². The van der Waals surface area contributed by atoms with Crippen molar-refractivity contribution in [3.05, 3.63) is 93.9 Å². The van der Waals surface area contributed by atoms with Gasteiger partial charge in [0.25, 0.3) is 18.3 Å². The number of benzene rings is 2.